The topological polar surface area (TPSA) is 55.4 Å². The highest BCUT2D eigenvalue weighted by atomic mass is 35.5. The van der Waals surface area contributed by atoms with Gasteiger partial charge in [-0.15, -0.1) is 4.72 Å². The van der Waals surface area contributed by atoms with Gasteiger partial charge in [0.2, 0.25) is 0 Å². The van der Waals surface area contributed by atoms with Gasteiger partial charge in [-0.2, -0.15) is 0 Å². The Morgan fingerprint density at radius 3 is 2.67 bits per heavy atom. The van der Waals surface area contributed by atoms with Crippen molar-refractivity contribution in [1.82, 2.24) is 4.72 Å². The van der Waals surface area contributed by atoms with Crippen LogP contribution in [0.4, 0.5) is 5.69 Å². The van der Waals surface area contributed by atoms with Crippen molar-refractivity contribution in [2.45, 2.75) is 44.9 Å². The summed E-state index contributed by atoms with van der Waals surface area (Å²) in [7, 11) is 0. The number of nitrogens with one attached hydrogen (secondary N) is 1. The van der Waals surface area contributed by atoms with Crippen molar-refractivity contribution in [1.29, 1.82) is 0 Å². The van der Waals surface area contributed by atoms with Crippen LogP contribution in [0, 0.1) is 0 Å². The lowest BCUT2D eigenvalue weighted by Crippen LogP contribution is -2.40. The van der Waals surface area contributed by atoms with Crippen LogP contribution in [0.5, 0.6) is 0 Å². The maximum atomic E-state index is 12.9. The number of carbonyl (C=O) groups excluding carboxylic acids is 1. The van der Waals surface area contributed by atoms with E-state index in [1.807, 2.05) is 39.8 Å². The number of rotatable bonds is 4. The molecule has 2 atom stereocenters. The molecule has 1 heterocycles. The highest BCUT2D eigenvalue weighted by Gasteiger charge is 2.30. The van der Waals surface area contributed by atoms with Crippen LogP contribution in [0.25, 0.3) is 0 Å². The Morgan fingerprint density at radius 2 is 2.00 bits per heavy atom. The van der Waals surface area contributed by atoms with Crippen molar-refractivity contribution in [2.75, 3.05) is 11.4 Å². The van der Waals surface area contributed by atoms with E-state index in [-0.39, 0.29) is 16.7 Å². The van der Waals surface area contributed by atoms with Gasteiger partial charge in [-0.1, -0.05) is 29.8 Å². The van der Waals surface area contributed by atoms with Crippen LogP contribution >= 0.6 is 11.6 Å². The van der Waals surface area contributed by atoms with Crippen LogP contribution in [0.2, 0.25) is 5.02 Å². The highest BCUT2D eigenvalue weighted by Crippen LogP contribution is 2.32. The molecule has 0 aromatic heterocycles. The molecule has 1 aliphatic heterocycles. The Labute approximate surface area is 169 Å². The molecule has 0 spiro atoms. The highest BCUT2D eigenvalue weighted by molar-refractivity contribution is 7.90. The molecule has 4 nitrogen and oxygen atoms in total. The molecule has 0 fully saturated rings. The van der Waals surface area contributed by atoms with Crippen molar-refractivity contribution < 1.29 is 9.35 Å². The molecule has 0 radical (unpaired) electrons. The number of hydrogen-bond acceptors (Lipinski definition) is 3. The van der Waals surface area contributed by atoms with E-state index >= 15 is 0 Å². The average molecular weight is 405 g/mol. The summed E-state index contributed by atoms with van der Waals surface area (Å²) in [5, 5.41) is 0.558. The molecule has 0 saturated heterocycles. The Balaban J connectivity index is 1.78. The fraction of sp³-hybridized carbons (Fsp3) is 0.381. The van der Waals surface area contributed by atoms with Crippen LogP contribution in [-0.4, -0.2) is 21.8 Å². The molecular formula is C21H25ClN2O2S. The van der Waals surface area contributed by atoms with Crippen LogP contribution in [0.1, 0.15) is 55.2 Å². The molecule has 2 aromatic carbocycles. The molecular weight excluding hydrogens is 380 g/mol. The Hall–Kier alpha value is -1.53. The minimum absolute atomic E-state index is 0.0342. The molecule has 2 aromatic rings. The van der Waals surface area contributed by atoms with Crippen LogP contribution < -0.4 is 9.62 Å². The van der Waals surface area contributed by atoms with Gasteiger partial charge in [0.15, 0.2) is 0 Å². The molecule has 6 heteroatoms. The van der Waals surface area contributed by atoms with Crippen molar-refractivity contribution in [3.05, 3.63) is 64.2 Å². The number of hydrogen-bond donors (Lipinski definition) is 1. The molecule has 0 bridgehead atoms. The number of amides is 1. The Morgan fingerprint density at radius 1 is 1.26 bits per heavy atom. The van der Waals surface area contributed by atoms with E-state index in [4.69, 9.17) is 11.6 Å². The van der Waals surface area contributed by atoms with Gasteiger partial charge in [0, 0.05) is 34.2 Å². The smallest absolute Gasteiger partial charge is 0.258 e. The van der Waals surface area contributed by atoms with Gasteiger partial charge in [-0.3, -0.25) is 4.79 Å². The number of nitrogens with zero attached hydrogens (tertiary/aromatic N) is 1. The number of halogens is 1. The van der Waals surface area contributed by atoms with E-state index in [0.29, 0.717) is 17.1 Å². The van der Waals surface area contributed by atoms with Gasteiger partial charge in [0.1, 0.15) is 4.75 Å². The monoisotopic (exact) mass is 404 g/mol. The minimum atomic E-state index is -1.13. The summed E-state index contributed by atoms with van der Waals surface area (Å²) in [6.07, 6.45) is 0.810. The second kappa shape index (κ2) is 7.84. The van der Waals surface area contributed by atoms with Gasteiger partial charge in [0.25, 0.3) is 5.91 Å². The standard InChI is InChI=1S/C21H25ClN2O2S/c1-14(23-27(26)21(2,3)4)15-8-9-19-16(12-15)10-11-24(19)20(25)17-6-5-7-18(22)13-17/h5-9,12-14,23H,10-11H2,1-4H3/t14?,27-/m1/s1. The van der Waals surface area contributed by atoms with Gasteiger partial charge >= 0.3 is 0 Å². The SMILES string of the molecule is CC(N[S@+]([O-])C(C)(C)C)c1ccc2c(c1)CCN2C(=O)c1cccc(Cl)c1. The summed E-state index contributed by atoms with van der Waals surface area (Å²) in [5.41, 5.74) is 3.74. The quantitative estimate of drug-likeness (QED) is 0.754. The number of benzene rings is 2. The zero-order chi connectivity index (χ0) is 19.8. The maximum Gasteiger partial charge on any atom is 0.258 e. The van der Waals surface area contributed by atoms with E-state index < -0.39 is 11.4 Å². The summed E-state index contributed by atoms with van der Waals surface area (Å²) in [6, 6.07) is 13.1. The summed E-state index contributed by atoms with van der Waals surface area (Å²) < 4.78 is 15.2. The lowest BCUT2D eigenvalue weighted by molar-refractivity contribution is 0.0989. The fourth-order valence-electron chi connectivity index (χ4n) is 3.08. The van der Waals surface area contributed by atoms with Gasteiger partial charge in [-0.25, -0.2) is 0 Å². The van der Waals surface area contributed by atoms with E-state index in [9.17, 15) is 9.35 Å². The third-order valence-corrected chi connectivity index (χ3v) is 6.57. The molecule has 3 rings (SSSR count). The minimum Gasteiger partial charge on any atom is -0.598 e. The lowest BCUT2D eigenvalue weighted by Gasteiger charge is -2.27. The van der Waals surface area contributed by atoms with Crippen LogP contribution in [-0.2, 0) is 17.8 Å². The Bertz CT molecular complexity index is 850. The van der Waals surface area contributed by atoms with Gasteiger partial charge in [-0.05, 0) is 69.5 Å². The lowest BCUT2D eigenvalue weighted by atomic mass is 10.0. The predicted molar refractivity (Wildman–Crippen MR) is 113 cm³/mol. The van der Waals surface area contributed by atoms with E-state index in [1.54, 1.807) is 29.2 Å². The third-order valence-electron chi connectivity index (χ3n) is 4.66. The third kappa shape index (κ3) is 4.49. The van der Waals surface area contributed by atoms with Crippen molar-refractivity contribution >= 4 is 34.6 Å². The fourth-order valence-corrected chi connectivity index (χ4v) is 4.09. The molecule has 27 heavy (non-hydrogen) atoms. The van der Waals surface area contributed by atoms with Crippen molar-refractivity contribution in [3.8, 4) is 0 Å². The van der Waals surface area contributed by atoms with Crippen LogP contribution in [0.15, 0.2) is 42.5 Å². The van der Waals surface area contributed by atoms with Gasteiger partial charge in [0.05, 0.1) is 6.04 Å². The first kappa shape index (κ1) is 20.2. The first-order valence-electron chi connectivity index (χ1n) is 9.05. The summed E-state index contributed by atoms with van der Waals surface area (Å²) in [5.74, 6) is -0.0380. The molecule has 0 saturated carbocycles. The number of carbonyl (C=O) groups is 1. The maximum absolute atomic E-state index is 12.9. The van der Waals surface area contributed by atoms with E-state index in [0.717, 1.165) is 23.2 Å². The summed E-state index contributed by atoms with van der Waals surface area (Å²) in [4.78, 5) is 14.7. The molecule has 1 unspecified atom stereocenters. The molecule has 144 valence electrons. The largest absolute Gasteiger partial charge is 0.598 e. The van der Waals surface area contributed by atoms with Crippen molar-refractivity contribution in [3.63, 3.8) is 0 Å². The second-order valence-electron chi connectivity index (χ2n) is 7.83. The number of fused-ring (bicyclic) bond motifs is 1. The molecule has 1 amide bonds. The van der Waals surface area contributed by atoms with Crippen molar-refractivity contribution in [2.24, 2.45) is 0 Å². The zero-order valence-corrected chi connectivity index (χ0v) is 17.7. The molecule has 1 N–H and O–H groups in total. The Kier molecular flexibility index (Phi) is 5.87. The normalized spacial score (nSPS) is 16.1. The first-order chi connectivity index (χ1) is 12.7. The molecule has 1 aliphatic rings. The molecule has 0 aliphatic carbocycles. The second-order valence-corrected chi connectivity index (χ2v) is 10.3. The average Bonchev–Trinajstić information content (AvgIpc) is 3.03. The van der Waals surface area contributed by atoms with E-state index in [1.165, 1.54) is 0 Å². The first-order valence-corrected chi connectivity index (χ1v) is 10.6. The number of anilines is 1. The van der Waals surface area contributed by atoms with Crippen LogP contribution in [0.3, 0.4) is 0 Å². The summed E-state index contributed by atoms with van der Waals surface area (Å²) in [6.45, 7) is 8.51. The summed E-state index contributed by atoms with van der Waals surface area (Å²) >= 11 is 4.89. The predicted octanol–water partition coefficient (Wildman–Crippen LogP) is 4.66. The zero-order valence-electron chi connectivity index (χ0n) is 16.1. The van der Waals surface area contributed by atoms with Gasteiger partial charge < -0.3 is 9.45 Å². The van der Waals surface area contributed by atoms with E-state index in [2.05, 4.69) is 10.8 Å².